The van der Waals surface area contributed by atoms with Crippen LogP contribution in [-0.4, -0.2) is 10.7 Å². The van der Waals surface area contributed by atoms with Crippen LogP contribution in [0.1, 0.15) is 111 Å². The van der Waals surface area contributed by atoms with Crippen molar-refractivity contribution in [1.82, 2.24) is 0 Å². The molecule has 0 aromatic carbocycles. The Labute approximate surface area is 190 Å². The van der Waals surface area contributed by atoms with Crippen molar-refractivity contribution >= 4 is 0 Å². The average molecular weight is 421 g/mol. The summed E-state index contributed by atoms with van der Waals surface area (Å²) in [7, 11) is 0. The molecule has 170 valence electrons. The molecule has 3 spiro atoms. The van der Waals surface area contributed by atoms with Gasteiger partial charge in [0.15, 0.2) is 0 Å². The fraction of sp³-hybridized carbons (Fsp3) is 0.800. The minimum Gasteiger partial charge on any atom is -0.389 e. The summed E-state index contributed by atoms with van der Waals surface area (Å²) in [4.78, 5) is 0. The predicted molar refractivity (Wildman–Crippen MR) is 129 cm³/mol. The predicted octanol–water partition coefficient (Wildman–Crippen LogP) is 7.91. The van der Waals surface area contributed by atoms with Crippen LogP contribution in [0.5, 0.6) is 0 Å². The minimum atomic E-state index is -0.390. The highest BCUT2D eigenvalue weighted by Gasteiger charge is 2.73. The lowest BCUT2D eigenvalue weighted by Gasteiger charge is -2.60. The molecular weight excluding hydrogens is 376 g/mol. The van der Waals surface area contributed by atoms with E-state index < -0.39 is 5.60 Å². The molecule has 0 amide bonds. The summed E-state index contributed by atoms with van der Waals surface area (Å²) < 4.78 is 0. The number of fused-ring (bicyclic) bond motifs is 3. The molecule has 6 aliphatic rings. The third kappa shape index (κ3) is 2.33. The van der Waals surface area contributed by atoms with Crippen molar-refractivity contribution in [3.05, 3.63) is 35.5 Å². The Morgan fingerprint density at radius 1 is 1.00 bits per heavy atom. The maximum Gasteiger partial charge on any atom is 0.0762 e. The zero-order chi connectivity index (χ0) is 21.7. The Bertz CT molecular complexity index is 875. The molecule has 1 nitrogen and oxygen atoms in total. The van der Waals surface area contributed by atoms with Crippen molar-refractivity contribution in [1.29, 1.82) is 0 Å². The van der Waals surface area contributed by atoms with E-state index in [1.54, 1.807) is 5.57 Å². The monoisotopic (exact) mass is 420 g/mol. The number of allylic oxidation sites excluding steroid dienone is 5. The van der Waals surface area contributed by atoms with Crippen LogP contribution >= 0.6 is 0 Å². The van der Waals surface area contributed by atoms with Crippen LogP contribution in [0.2, 0.25) is 0 Å². The van der Waals surface area contributed by atoms with Crippen LogP contribution in [0, 0.1) is 33.5 Å². The Kier molecular flexibility index (Phi) is 4.29. The van der Waals surface area contributed by atoms with E-state index in [0.717, 1.165) is 12.3 Å². The molecular formula is C30H44O. The summed E-state index contributed by atoms with van der Waals surface area (Å²) in [6, 6.07) is 0. The van der Waals surface area contributed by atoms with Crippen LogP contribution in [0.3, 0.4) is 0 Å². The molecule has 1 N–H and O–H groups in total. The summed E-state index contributed by atoms with van der Waals surface area (Å²) >= 11 is 0. The second-order valence-corrected chi connectivity index (χ2v) is 13.2. The molecule has 0 aromatic rings. The van der Waals surface area contributed by atoms with Crippen LogP contribution < -0.4 is 0 Å². The molecule has 6 aliphatic carbocycles. The van der Waals surface area contributed by atoms with Crippen molar-refractivity contribution < 1.29 is 5.11 Å². The summed E-state index contributed by atoms with van der Waals surface area (Å²) in [6.07, 6.45) is 23.1. The lowest BCUT2D eigenvalue weighted by atomic mass is 9.46. The summed E-state index contributed by atoms with van der Waals surface area (Å²) in [6.45, 7) is 11.5. The van der Waals surface area contributed by atoms with E-state index in [1.807, 2.05) is 0 Å². The van der Waals surface area contributed by atoms with Gasteiger partial charge in [0, 0.05) is 10.8 Å². The number of hydrogen-bond donors (Lipinski definition) is 1. The SMILES string of the molecule is C=C(C)[C@@H]1CC[C@]2(C)C(=C(C)C=C[C@@]23CC[C@@]2(CC[C@@H]4CCC[C@@]45CCC[C@]25O)C3)C1. The van der Waals surface area contributed by atoms with E-state index in [-0.39, 0.29) is 21.7 Å². The fourth-order valence-electron chi connectivity index (χ4n) is 10.7. The van der Waals surface area contributed by atoms with Gasteiger partial charge < -0.3 is 5.11 Å². The van der Waals surface area contributed by atoms with Gasteiger partial charge in [0.05, 0.1) is 5.60 Å². The van der Waals surface area contributed by atoms with Crippen LogP contribution in [0.4, 0.5) is 0 Å². The Hall–Kier alpha value is -0.820. The molecule has 0 bridgehead atoms. The van der Waals surface area contributed by atoms with Crippen LogP contribution in [0.25, 0.3) is 0 Å². The fourth-order valence-corrected chi connectivity index (χ4v) is 10.7. The second kappa shape index (κ2) is 6.40. The second-order valence-electron chi connectivity index (χ2n) is 13.2. The van der Waals surface area contributed by atoms with E-state index in [2.05, 4.69) is 39.5 Å². The number of rotatable bonds is 1. The number of hydrogen-bond acceptors (Lipinski definition) is 1. The first-order valence-electron chi connectivity index (χ1n) is 13.5. The van der Waals surface area contributed by atoms with Crippen molar-refractivity contribution in [3.8, 4) is 0 Å². The molecule has 5 saturated carbocycles. The molecule has 0 aromatic heterocycles. The molecule has 0 aliphatic heterocycles. The van der Waals surface area contributed by atoms with Gasteiger partial charge in [-0.05, 0) is 120 Å². The van der Waals surface area contributed by atoms with Gasteiger partial charge in [0.1, 0.15) is 0 Å². The quantitative estimate of drug-likeness (QED) is 0.427. The zero-order valence-electron chi connectivity index (χ0n) is 20.4. The molecule has 6 rings (SSSR count). The Morgan fingerprint density at radius 3 is 2.61 bits per heavy atom. The van der Waals surface area contributed by atoms with Gasteiger partial charge in [-0.2, -0.15) is 0 Å². The maximum absolute atomic E-state index is 12.6. The van der Waals surface area contributed by atoms with Gasteiger partial charge in [-0.25, -0.2) is 0 Å². The van der Waals surface area contributed by atoms with Gasteiger partial charge in [-0.15, -0.1) is 0 Å². The van der Waals surface area contributed by atoms with E-state index >= 15 is 0 Å². The van der Waals surface area contributed by atoms with Gasteiger partial charge in [0.2, 0.25) is 0 Å². The summed E-state index contributed by atoms with van der Waals surface area (Å²) in [5.74, 6) is 1.47. The summed E-state index contributed by atoms with van der Waals surface area (Å²) in [5.41, 5.74) is 5.20. The standard InChI is InChI=1S/C30H44O/c1-21(2)23-9-14-26(4)25(19-23)22(3)8-15-27(26)17-18-28(20-27)16-10-24-7-5-11-29(24)12-6-13-30(28,29)31/h8,15,23-24,31H,1,5-7,9-14,16-20H2,2-4H3/t23-,24+,26-,27+,28+,29-,30+/m1/s1. The smallest absolute Gasteiger partial charge is 0.0762 e. The Morgan fingerprint density at radius 2 is 1.81 bits per heavy atom. The largest absolute Gasteiger partial charge is 0.389 e. The first kappa shape index (κ1) is 20.8. The van der Waals surface area contributed by atoms with Gasteiger partial charge in [0.25, 0.3) is 0 Å². The molecule has 1 heteroatoms. The number of aliphatic hydroxyl groups is 1. The van der Waals surface area contributed by atoms with Crippen LogP contribution in [-0.2, 0) is 0 Å². The van der Waals surface area contributed by atoms with Gasteiger partial charge in [-0.3, -0.25) is 0 Å². The zero-order valence-corrected chi connectivity index (χ0v) is 20.4. The van der Waals surface area contributed by atoms with E-state index in [9.17, 15) is 5.11 Å². The molecule has 0 saturated heterocycles. The normalized spacial score (nSPS) is 53.2. The van der Waals surface area contributed by atoms with Crippen molar-refractivity contribution in [3.63, 3.8) is 0 Å². The first-order chi connectivity index (χ1) is 14.7. The summed E-state index contributed by atoms with van der Waals surface area (Å²) in [5, 5.41) is 12.6. The van der Waals surface area contributed by atoms with Crippen molar-refractivity contribution in [2.75, 3.05) is 0 Å². The Balaban J connectivity index is 1.39. The van der Waals surface area contributed by atoms with E-state index in [4.69, 9.17) is 0 Å². The first-order valence-corrected chi connectivity index (χ1v) is 13.5. The maximum atomic E-state index is 12.6. The highest BCUT2D eigenvalue weighted by Crippen LogP contribution is 2.77. The molecule has 0 heterocycles. The molecule has 31 heavy (non-hydrogen) atoms. The highest BCUT2D eigenvalue weighted by atomic mass is 16.3. The van der Waals surface area contributed by atoms with Crippen LogP contribution in [0.15, 0.2) is 35.5 Å². The molecule has 5 fully saturated rings. The molecule has 7 atom stereocenters. The lowest BCUT2D eigenvalue weighted by molar-refractivity contribution is -0.202. The van der Waals surface area contributed by atoms with Crippen molar-refractivity contribution in [2.45, 2.75) is 116 Å². The topological polar surface area (TPSA) is 20.2 Å². The lowest BCUT2D eigenvalue weighted by Crippen LogP contribution is -2.61. The van der Waals surface area contributed by atoms with Gasteiger partial charge in [-0.1, -0.05) is 48.8 Å². The molecule has 0 unspecified atom stereocenters. The minimum absolute atomic E-state index is 0.166. The molecule has 0 radical (unpaired) electrons. The highest BCUT2D eigenvalue weighted by molar-refractivity contribution is 5.42. The third-order valence-electron chi connectivity index (χ3n) is 12.5. The van der Waals surface area contributed by atoms with E-state index in [0.29, 0.717) is 5.92 Å². The van der Waals surface area contributed by atoms with Gasteiger partial charge >= 0.3 is 0 Å². The van der Waals surface area contributed by atoms with Crippen molar-refractivity contribution in [2.24, 2.45) is 33.5 Å². The average Bonchev–Trinajstić information content (AvgIpc) is 3.43. The van der Waals surface area contributed by atoms with E-state index in [1.165, 1.54) is 94.6 Å². The third-order valence-corrected chi connectivity index (χ3v) is 12.5.